The maximum Gasteiger partial charge on any atom is 0.280 e. The van der Waals surface area contributed by atoms with Crippen LogP contribution in [0.1, 0.15) is 52.6 Å². The zero-order valence-corrected chi connectivity index (χ0v) is 13.4. The monoisotopic (exact) mass is 343 g/mol. The largest absolute Gasteiger partial charge is 0.306 e. The minimum atomic E-state index is -2.70. The van der Waals surface area contributed by atoms with Crippen molar-refractivity contribution in [1.29, 1.82) is 0 Å². The third-order valence-electron chi connectivity index (χ3n) is 4.11. The second-order valence-electron chi connectivity index (χ2n) is 6.09. The molecule has 1 fully saturated rings. The second-order valence-corrected chi connectivity index (χ2v) is 6.09. The van der Waals surface area contributed by atoms with E-state index in [-0.39, 0.29) is 22.8 Å². The molecule has 8 heteroatoms. The Morgan fingerprint density at radius 1 is 1.32 bits per heavy atom. The Labute approximate surface area is 141 Å². The average Bonchev–Trinajstić information content (AvgIpc) is 3.33. The quantitative estimate of drug-likeness (QED) is 0.787. The van der Waals surface area contributed by atoms with Gasteiger partial charge < -0.3 is 5.32 Å². The number of nitrogens with one attached hydrogen (secondary N) is 1. The first-order valence-corrected chi connectivity index (χ1v) is 7.94. The van der Waals surface area contributed by atoms with Crippen LogP contribution in [0.15, 0.2) is 30.5 Å². The zero-order valence-electron chi connectivity index (χ0n) is 13.4. The molecule has 0 saturated heterocycles. The smallest absolute Gasteiger partial charge is 0.280 e. The Morgan fingerprint density at radius 2 is 2.12 bits per heavy atom. The first kappa shape index (κ1) is 15.6. The van der Waals surface area contributed by atoms with E-state index < -0.39 is 12.3 Å². The molecular weight excluding hydrogens is 328 g/mol. The predicted octanol–water partition coefficient (Wildman–Crippen LogP) is 3.50. The minimum Gasteiger partial charge on any atom is -0.306 e. The van der Waals surface area contributed by atoms with Crippen LogP contribution in [0, 0.1) is 6.92 Å². The highest BCUT2D eigenvalue weighted by Gasteiger charge is 2.29. The van der Waals surface area contributed by atoms with Gasteiger partial charge in [0.25, 0.3) is 12.3 Å². The summed E-state index contributed by atoms with van der Waals surface area (Å²) in [6.45, 7) is 1.81. The number of rotatable bonds is 4. The van der Waals surface area contributed by atoms with Crippen molar-refractivity contribution in [1.82, 2.24) is 19.6 Å². The fraction of sp³-hybridized carbons (Fsp3) is 0.294. The van der Waals surface area contributed by atoms with Gasteiger partial charge in [0.1, 0.15) is 17.1 Å². The average molecular weight is 343 g/mol. The van der Waals surface area contributed by atoms with E-state index >= 15 is 0 Å². The fourth-order valence-corrected chi connectivity index (χ4v) is 2.71. The molecule has 3 aromatic heterocycles. The van der Waals surface area contributed by atoms with Crippen molar-refractivity contribution in [2.75, 3.05) is 5.32 Å². The van der Waals surface area contributed by atoms with E-state index in [1.165, 1.54) is 12.3 Å². The Morgan fingerprint density at radius 3 is 2.80 bits per heavy atom. The topological polar surface area (TPSA) is 72.2 Å². The van der Waals surface area contributed by atoms with E-state index in [0.717, 1.165) is 23.1 Å². The highest BCUT2D eigenvalue weighted by Crippen LogP contribution is 2.40. The summed E-state index contributed by atoms with van der Waals surface area (Å²) in [5.41, 5.74) is 1.38. The van der Waals surface area contributed by atoms with Crippen molar-refractivity contribution >= 4 is 17.4 Å². The van der Waals surface area contributed by atoms with E-state index in [0.29, 0.717) is 11.5 Å². The maximum atomic E-state index is 13.4. The third kappa shape index (κ3) is 2.95. The van der Waals surface area contributed by atoms with Gasteiger partial charge in [0.15, 0.2) is 5.65 Å². The molecule has 1 saturated carbocycles. The van der Waals surface area contributed by atoms with E-state index in [2.05, 4.69) is 20.4 Å². The molecule has 3 aromatic rings. The normalized spacial score (nSPS) is 14.2. The van der Waals surface area contributed by atoms with Crippen LogP contribution in [-0.4, -0.2) is 25.5 Å². The van der Waals surface area contributed by atoms with Crippen molar-refractivity contribution < 1.29 is 13.6 Å². The molecular formula is C17H15F2N5O. The van der Waals surface area contributed by atoms with Gasteiger partial charge in [0, 0.05) is 17.3 Å². The van der Waals surface area contributed by atoms with Crippen molar-refractivity contribution in [3.05, 3.63) is 53.1 Å². The molecule has 128 valence electrons. The van der Waals surface area contributed by atoms with Gasteiger partial charge in [0.05, 0.1) is 6.20 Å². The standard InChI is InChI=1S/C17H15F2N5O/c1-9-3-2-4-14(21-9)23-17(25)11-8-20-24-13(15(18)19)7-12(10-5-6-10)22-16(11)24/h2-4,7-8,10,15H,5-6H2,1H3,(H,21,23,25). The molecule has 0 unspecified atom stereocenters. The molecule has 1 aliphatic carbocycles. The summed E-state index contributed by atoms with van der Waals surface area (Å²) in [7, 11) is 0. The number of carbonyl (C=O) groups is 1. The first-order chi connectivity index (χ1) is 12.0. The van der Waals surface area contributed by atoms with Crippen LogP contribution in [0.4, 0.5) is 14.6 Å². The summed E-state index contributed by atoms with van der Waals surface area (Å²) in [6.07, 6.45) is 0.414. The summed E-state index contributed by atoms with van der Waals surface area (Å²) in [6, 6.07) is 6.62. The predicted molar refractivity (Wildman–Crippen MR) is 86.8 cm³/mol. The molecule has 4 rings (SSSR count). The van der Waals surface area contributed by atoms with Crippen molar-refractivity contribution in [2.45, 2.75) is 32.1 Å². The highest BCUT2D eigenvalue weighted by atomic mass is 19.3. The van der Waals surface area contributed by atoms with Gasteiger partial charge in [-0.15, -0.1) is 0 Å². The lowest BCUT2D eigenvalue weighted by Crippen LogP contribution is -2.14. The van der Waals surface area contributed by atoms with Crippen LogP contribution in [0.2, 0.25) is 0 Å². The molecule has 0 atom stereocenters. The Bertz CT molecular complexity index is 965. The van der Waals surface area contributed by atoms with E-state index in [4.69, 9.17) is 0 Å². The van der Waals surface area contributed by atoms with Gasteiger partial charge in [-0.05, 0) is 38.0 Å². The Kier molecular flexibility index (Phi) is 3.67. The van der Waals surface area contributed by atoms with Crippen LogP contribution < -0.4 is 5.32 Å². The molecule has 0 radical (unpaired) electrons. The highest BCUT2D eigenvalue weighted by molar-refractivity contribution is 6.07. The number of alkyl halides is 2. The van der Waals surface area contributed by atoms with E-state index in [1.807, 2.05) is 13.0 Å². The molecule has 1 aliphatic rings. The van der Waals surface area contributed by atoms with Gasteiger partial charge in [-0.3, -0.25) is 4.79 Å². The third-order valence-corrected chi connectivity index (χ3v) is 4.11. The van der Waals surface area contributed by atoms with Crippen LogP contribution in [0.5, 0.6) is 0 Å². The number of fused-ring (bicyclic) bond motifs is 1. The Hall–Kier alpha value is -2.90. The summed E-state index contributed by atoms with van der Waals surface area (Å²) in [4.78, 5) is 21.2. The number of aryl methyl sites for hydroxylation is 1. The SMILES string of the molecule is Cc1cccc(NC(=O)c2cnn3c(C(F)F)cc(C4CC4)nc23)n1. The summed E-state index contributed by atoms with van der Waals surface area (Å²) >= 11 is 0. The summed E-state index contributed by atoms with van der Waals surface area (Å²) in [5, 5.41) is 6.59. The van der Waals surface area contributed by atoms with Crippen molar-refractivity contribution in [3.63, 3.8) is 0 Å². The number of amides is 1. The van der Waals surface area contributed by atoms with Gasteiger partial charge >= 0.3 is 0 Å². The molecule has 1 amide bonds. The van der Waals surface area contributed by atoms with Crippen LogP contribution in [0.25, 0.3) is 5.65 Å². The molecule has 0 bridgehead atoms. The number of pyridine rings is 1. The van der Waals surface area contributed by atoms with Gasteiger partial charge in [0.2, 0.25) is 0 Å². The number of nitrogens with zero attached hydrogens (tertiary/aromatic N) is 4. The molecule has 0 spiro atoms. The number of anilines is 1. The molecule has 0 aromatic carbocycles. The lowest BCUT2D eigenvalue weighted by Gasteiger charge is -2.08. The maximum absolute atomic E-state index is 13.4. The van der Waals surface area contributed by atoms with Gasteiger partial charge in [-0.1, -0.05) is 6.07 Å². The van der Waals surface area contributed by atoms with E-state index in [9.17, 15) is 13.6 Å². The molecule has 25 heavy (non-hydrogen) atoms. The van der Waals surface area contributed by atoms with Gasteiger partial charge in [-0.25, -0.2) is 23.3 Å². The fourth-order valence-electron chi connectivity index (χ4n) is 2.71. The molecule has 1 N–H and O–H groups in total. The molecule has 3 heterocycles. The Balaban J connectivity index is 1.75. The molecule has 0 aliphatic heterocycles. The summed E-state index contributed by atoms with van der Waals surface area (Å²) in [5.74, 6) is 0.0947. The minimum absolute atomic E-state index is 0.143. The van der Waals surface area contributed by atoms with Gasteiger partial charge in [-0.2, -0.15) is 5.10 Å². The second kappa shape index (κ2) is 5.87. The van der Waals surface area contributed by atoms with Crippen molar-refractivity contribution in [3.8, 4) is 0 Å². The number of hydrogen-bond donors (Lipinski definition) is 1. The first-order valence-electron chi connectivity index (χ1n) is 7.94. The van der Waals surface area contributed by atoms with E-state index in [1.54, 1.807) is 12.1 Å². The van der Waals surface area contributed by atoms with Crippen LogP contribution >= 0.6 is 0 Å². The van der Waals surface area contributed by atoms with Crippen LogP contribution in [0.3, 0.4) is 0 Å². The number of halogens is 2. The molecule has 6 nitrogen and oxygen atoms in total. The lowest BCUT2D eigenvalue weighted by molar-refractivity contribution is 0.102. The number of carbonyl (C=O) groups excluding carboxylic acids is 1. The summed E-state index contributed by atoms with van der Waals surface area (Å²) < 4.78 is 27.8. The lowest BCUT2D eigenvalue weighted by atomic mass is 10.2. The number of hydrogen-bond acceptors (Lipinski definition) is 4. The zero-order chi connectivity index (χ0) is 17.6. The van der Waals surface area contributed by atoms with Crippen molar-refractivity contribution in [2.24, 2.45) is 0 Å². The number of aromatic nitrogens is 4. The van der Waals surface area contributed by atoms with Crippen LogP contribution in [-0.2, 0) is 0 Å².